The predicted molar refractivity (Wildman–Crippen MR) is 34.3 cm³/mol. The zero-order valence-corrected chi connectivity index (χ0v) is 5.74. The minimum absolute atomic E-state index is 0.0291. The molecule has 1 unspecified atom stereocenters. The molecule has 58 valence electrons. The molecule has 0 heterocycles. The Labute approximate surface area is 59.0 Å². The summed E-state index contributed by atoms with van der Waals surface area (Å²) < 4.78 is 4.50. The van der Waals surface area contributed by atoms with Crippen LogP contribution in [0, 0.1) is 0 Å². The van der Waals surface area contributed by atoms with Gasteiger partial charge in [0, 0.05) is 6.08 Å². The summed E-state index contributed by atoms with van der Waals surface area (Å²) in [4.78, 5) is 14.2. The van der Waals surface area contributed by atoms with E-state index < -0.39 is 12.1 Å². The van der Waals surface area contributed by atoms with Gasteiger partial charge in [0.25, 0.3) is 0 Å². The summed E-state index contributed by atoms with van der Waals surface area (Å²) in [6, 6.07) is 0. The quantitative estimate of drug-likeness (QED) is 0.273. The van der Waals surface area contributed by atoms with Gasteiger partial charge in [-0.2, -0.15) is 0 Å². The van der Waals surface area contributed by atoms with E-state index in [0.717, 1.165) is 6.08 Å². The van der Waals surface area contributed by atoms with Crippen molar-refractivity contribution in [3.8, 4) is 0 Å². The molecule has 0 aromatic carbocycles. The molecule has 4 nitrogen and oxygen atoms in total. The maximum absolute atomic E-state index is 10.4. The normalized spacial score (nSPS) is 12.2. The first-order valence-electron chi connectivity index (χ1n) is 2.80. The van der Waals surface area contributed by atoms with Gasteiger partial charge >= 0.3 is 5.97 Å². The number of carbonyl (C=O) groups excluding carboxylic acids is 1. The summed E-state index contributed by atoms with van der Waals surface area (Å²) in [6.45, 7) is 4.78. The number of esters is 1. The van der Waals surface area contributed by atoms with Gasteiger partial charge in [-0.25, -0.2) is 9.68 Å². The zero-order chi connectivity index (χ0) is 7.98. The van der Waals surface area contributed by atoms with Gasteiger partial charge in [0.2, 0.25) is 0 Å². The van der Waals surface area contributed by atoms with Gasteiger partial charge in [0.15, 0.2) is 0 Å². The Bertz CT molecular complexity index is 121. The second-order valence-electron chi connectivity index (χ2n) is 1.75. The molecule has 0 fully saturated rings. The molecular formula is C6H10O4. The summed E-state index contributed by atoms with van der Waals surface area (Å²) in [5.74, 6) is -0.524. The van der Waals surface area contributed by atoms with E-state index >= 15 is 0 Å². The maximum Gasteiger partial charge on any atom is 0.330 e. The van der Waals surface area contributed by atoms with Crippen molar-refractivity contribution in [3.05, 3.63) is 12.7 Å². The van der Waals surface area contributed by atoms with Crippen LogP contribution in [-0.4, -0.2) is 23.9 Å². The van der Waals surface area contributed by atoms with Gasteiger partial charge in [-0.15, -0.1) is 0 Å². The molecule has 0 saturated heterocycles. The largest absolute Gasteiger partial charge is 0.460 e. The molecule has 0 bridgehead atoms. The molecule has 0 amide bonds. The standard InChI is InChI=1S/C6H10O4/c1-3-6(7)9-4-5(2)10-8/h3,5,8H,1,4H2,2H3. The summed E-state index contributed by atoms with van der Waals surface area (Å²) in [6.07, 6.45) is 0.549. The molecule has 4 heteroatoms. The molecule has 1 atom stereocenters. The third-order valence-electron chi connectivity index (χ3n) is 0.807. The Balaban J connectivity index is 3.34. The topological polar surface area (TPSA) is 55.8 Å². The van der Waals surface area contributed by atoms with Crippen molar-refractivity contribution in [1.82, 2.24) is 0 Å². The van der Waals surface area contributed by atoms with Crippen LogP contribution in [0.5, 0.6) is 0 Å². The van der Waals surface area contributed by atoms with E-state index in [1.54, 1.807) is 6.92 Å². The highest BCUT2D eigenvalue weighted by Crippen LogP contribution is 1.89. The highest BCUT2D eigenvalue weighted by molar-refractivity contribution is 5.81. The molecule has 0 aliphatic rings. The lowest BCUT2D eigenvalue weighted by Crippen LogP contribution is -2.16. The molecule has 0 aromatic heterocycles. The monoisotopic (exact) mass is 146 g/mol. The van der Waals surface area contributed by atoms with Crippen LogP contribution < -0.4 is 0 Å². The first-order valence-corrected chi connectivity index (χ1v) is 2.80. The van der Waals surface area contributed by atoms with Gasteiger partial charge in [-0.3, -0.25) is 5.26 Å². The third-order valence-corrected chi connectivity index (χ3v) is 0.807. The molecule has 0 aromatic rings. The third kappa shape index (κ3) is 4.05. The van der Waals surface area contributed by atoms with Crippen LogP contribution in [-0.2, 0) is 14.4 Å². The maximum atomic E-state index is 10.4. The second-order valence-corrected chi connectivity index (χ2v) is 1.75. The van der Waals surface area contributed by atoms with Crippen LogP contribution in [0.2, 0.25) is 0 Å². The van der Waals surface area contributed by atoms with Gasteiger partial charge in [0.05, 0.1) is 0 Å². The first kappa shape index (κ1) is 9.13. The average molecular weight is 146 g/mol. The van der Waals surface area contributed by atoms with Crippen molar-refractivity contribution in [3.63, 3.8) is 0 Å². The van der Waals surface area contributed by atoms with Crippen LogP contribution in [0.4, 0.5) is 0 Å². The Morgan fingerprint density at radius 1 is 1.90 bits per heavy atom. The van der Waals surface area contributed by atoms with E-state index in [0.29, 0.717) is 0 Å². The SMILES string of the molecule is C=CC(=O)OCC(C)OO. The van der Waals surface area contributed by atoms with Crippen LogP contribution >= 0.6 is 0 Å². The van der Waals surface area contributed by atoms with E-state index in [4.69, 9.17) is 5.26 Å². The van der Waals surface area contributed by atoms with Crippen molar-refractivity contribution in [2.24, 2.45) is 0 Å². The highest BCUT2D eigenvalue weighted by Gasteiger charge is 2.02. The van der Waals surface area contributed by atoms with E-state index in [-0.39, 0.29) is 6.61 Å². The summed E-state index contributed by atoms with van der Waals surface area (Å²) >= 11 is 0. The minimum Gasteiger partial charge on any atom is -0.460 e. The Morgan fingerprint density at radius 3 is 2.90 bits per heavy atom. The molecule has 0 aliphatic heterocycles. The number of hydrogen-bond acceptors (Lipinski definition) is 4. The lowest BCUT2D eigenvalue weighted by Gasteiger charge is -2.05. The molecular weight excluding hydrogens is 136 g/mol. The smallest absolute Gasteiger partial charge is 0.330 e. The van der Waals surface area contributed by atoms with Crippen molar-refractivity contribution < 1.29 is 19.7 Å². The number of rotatable bonds is 4. The fourth-order valence-electron chi connectivity index (χ4n) is 0.289. The van der Waals surface area contributed by atoms with E-state index in [2.05, 4.69) is 16.2 Å². The molecule has 0 saturated carbocycles. The van der Waals surface area contributed by atoms with Gasteiger partial charge in [-0.1, -0.05) is 6.58 Å². The fourth-order valence-corrected chi connectivity index (χ4v) is 0.289. The number of carbonyl (C=O) groups is 1. The average Bonchev–Trinajstić information content (AvgIpc) is 1.99. The molecule has 0 radical (unpaired) electrons. The summed E-state index contributed by atoms with van der Waals surface area (Å²) in [5.41, 5.74) is 0. The van der Waals surface area contributed by atoms with E-state index in [9.17, 15) is 4.79 Å². The van der Waals surface area contributed by atoms with Crippen molar-refractivity contribution in [2.75, 3.05) is 6.61 Å². The zero-order valence-electron chi connectivity index (χ0n) is 5.74. The van der Waals surface area contributed by atoms with E-state index in [1.165, 1.54) is 0 Å². The fraction of sp³-hybridized carbons (Fsp3) is 0.500. The van der Waals surface area contributed by atoms with Crippen molar-refractivity contribution in [2.45, 2.75) is 13.0 Å². The Morgan fingerprint density at radius 2 is 2.50 bits per heavy atom. The lowest BCUT2D eigenvalue weighted by atomic mass is 10.4. The lowest BCUT2D eigenvalue weighted by molar-refractivity contribution is -0.280. The van der Waals surface area contributed by atoms with Crippen LogP contribution in [0.15, 0.2) is 12.7 Å². The van der Waals surface area contributed by atoms with Gasteiger partial charge < -0.3 is 4.74 Å². The molecule has 0 aliphatic carbocycles. The van der Waals surface area contributed by atoms with Crippen molar-refractivity contribution >= 4 is 5.97 Å². The number of ether oxygens (including phenoxy) is 1. The highest BCUT2D eigenvalue weighted by atomic mass is 17.1. The van der Waals surface area contributed by atoms with Crippen molar-refractivity contribution in [1.29, 1.82) is 0 Å². The molecule has 0 rings (SSSR count). The van der Waals surface area contributed by atoms with Crippen LogP contribution in [0.25, 0.3) is 0 Å². The Kier molecular flexibility index (Phi) is 4.53. The summed E-state index contributed by atoms with van der Waals surface area (Å²) in [7, 11) is 0. The Hall–Kier alpha value is -0.870. The molecule has 0 spiro atoms. The summed E-state index contributed by atoms with van der Waals surface area (Å²) in [5, 5.41) is 8.00. The van der Waals surface area contributed by atoms with Gasteiger partial charge in [-0.05, 0) is 6.92 Å². The molecule has 1 N–H and O–H groups in total. The van der Waals surface area contributed by atoms with Gasteiger partial charge in [0.1, 0.15) is 12.7 Å². The van der Waals surface area contributed by atoms with Crippen LogP contribution in [0.1, 0.15) is 6.92 Å². The van der Waals surface area contributed by atoms with E-state index in [1.807, 2.05) is 0 Å². The predicted octanol–water partition coefficient (Wildman–Crippen LogP) is 0.594. The minimum atomic E-state index is -0.524. The van der Waals surface area contributed by atoms with Crippen LogP contribution in [0.3, 0.4) is 0 Å². The molecule has 10 heavy (non-hydrogen) atoms. The first-order chi connectivity index (χ1) is 4.70. The second kappa shape index (κ2) is 4.96. The number of hydrogen-bond donors (Lipinski definition) is 1.